The number of hydrogen-bond acceptors (Lipinski definition) is 2. The van der Waals surface area contributed by atoms with Gasteiger partial charge in [0.2, 0.25) is 0 Å². The molecule has 1 aromatic rings. The van der Waals surface area contributed by atoms with Gasteiger partial charge in [0, 0.05) is 12.1 Å². The summed E-state index contributed by atoms with van der Waals surface area (Å²) in [4.78, 5) is 0. The van der Waals surface area contributed by atoms with E-state index in [-0.39, 0.29) is 11.7 Å². The minimum atomic E-state index is -2.41. The topological polar surface area (TPSA) is 21.3 Å². The molecule has 1 saturated heterocycles. The molecule has 1 aliphatic rings. The lowest BCUT2D eigenvalue weighted by atomic mass is 10.2. The van der Waals surface area contributed by atoms with E-state index < -0.39 is 6.43 Å². The third kappa shape index (κ3) is 2.65. The van der Waals surface area contributed by atoms with Crippen molar-refractivity contribution in [3.63, 3.8) is 0 Å². The normalized spacial score (nSPS) is 20.9. The first kappa shape index (κ1) is 10.4. The van der Waals surface area contributed by atoms with Crippen molar-refractivity contribution in [3.05, 3.63) is 29.8 Å². The van der Waals surface area contributed by atoms with E-state index in [1.165, 1.54) is 12.1 Å². The Kier molecular flexibility index (Phi) is 3.16. The van der Waals surface area contributed by atoms with Gasteiger partial charge in [0.25, 0.3) is 6.43 Å². The SMILES string of the molecule is FC(F)c1ccc(OC2CCNC2)cc1. The molecule has 1 atom stereocenters. The van der Waals surface area contributed by atoms with Crippen molar-refractivity contribution in [1.29, 1.82) is 0 Å². The number of benzene rings is 1. The first-order valence-corrected chi connectivity index (χ1v) is 5.01. The van der Waals surface area contributed by atoms with Gasteiger partial charge in [-0.25, -0.2) is 8.78 Å². The Morgan fingerprint density at radius 1 is 1.27 bits per heavy atom. The van der Waals surface area contributed by atoms with Gasteiger partial charge in [0.15, 0.2) is 0 Å². The summed E-state index contributed by atoms with van der Waals surface area (Å²) < 4.78 is 30.1. The van der Waals surface area contributed by atoms with Crippen LogP contribution in [0, 0.1) is 0 Å². The lowest BCUT2D eigenvalue weighted by Gasteiger charge is -2.12. The monoisotopic (exact) mass is 213 g/mol. The zero-order valence-electron chi connectivity index (χ0n) is 8.25. The molecule has 0 radical (unpaired) electrons. The molecule has 0 aliphatic carbocycles. The van der Waals surface area contributed by atoms with Crippen molar-refractivity contribution in [3.8, 4) is 5.75 Å². The maximum atomic E-state index is 12.3. The number of halogens is 2. The van der Waals surface area contributed by atoms with E-state index in [0.717, 1.165) is 19.5 Å². The smallest absolute Gasteiger partial charge is 0.263 e. The quantitative estimate of drug-likeness (QED) is 0.832. The summed E-state index contributed by atoms with van der Waals surface area (Å²) in [6.07, 6.45) is -1.27. The molecule has 0 spiro atoms. The van der Waals surface area contributed by atoms with Crippen LogP contribution in [0.3, 0.4) is 0 Å². The van der Waals surface area contributed by atoms with Gasteiger partial charge in [-0.2, -0.15) is 0 Å². The fourth-order valence-electron chi connectivity index (χ4n) is 1.61. The molecule has 0 bridgehead atoms. The highest BCUT2D eigenvalue weighted by Crippen LogP contribution is 2.22. The number of hydrogen-bond donors (Lipinski definition) is 1. The van der Waals surface area contributed by atoms with Crippen LogP contribution in [-0.4, -0.2) is 19.2 Å². The molecule has 1 unspecified atom stereocenters. The molecule has 0 aromatic heterocycles. The zero-order chi connectivity index (χ0) is 10.7. The highest BCUT2D eigenvalue weighted by atomic mass is 19.3. The Hall–Kier alpha value is -1.16. The molecule has 2 rings (SSSR count). The second-order valence-corrected chi connectivity index (χ2v) is 3.60. The Morgan fingerprint density at radius 3 is 2.53 bits per heavy atom. The van der Waals surface area contributed by atoms with Crippen molar-refractivity contribution < 1.29 is 13.5 Å². The number of ether oxygens (including phenoxy) is 1. The van der Waals surface area contributed by atoms with Gasteiger partial charge in [0.05, 0.1) is 0 Å². The standard InChI is InChI=1S/C11H13F2NO/c12-11(13)8-1-3-9(4-2-8)15-10-5-6-14-7-10/h1-4,10-11,14H,5-7H2. The van der Waals surface area contributed by atoms with Gasteiger partial charge in [-0.05, 0) is 37.2 Å². The summed E-state index contributed by atoms with van der Waals surface area (Å²) in [5, 5.41) is 3.18. The Labute approximate surface area is 87.2 Å². The molecular formula is C11H13F2NO. The van der Waals surface area contributed by atoms with Gasteiger partial charge < -0.3 is 10.1 Å². The Balaban J connectivity index is 1.97. The zero-order valence-corrected chi connectivity index (χ0v) is 8.25. The van der Waals surface area contributed by atoms with Crippen LogP contribution in [-0.2, 0) is 0 Å². The van der Waals surface area contributed by atoms with Crippen molar-refractivity contribution in [2.45, 2.75) is 19.0 Å². The molecule has 1 heterocycles. The largest absolute Gasteiger partial charge is 0.489 e. The average molecular weight is 213 g/mol. The van der Waals surface area contributed by atoms with Crippen molar-refractivity contribution in [1.82, 2.24) is 5.32 Å². The van der Waals surface area contributed by atoms with Gasteiger partial charge >= 0.3 is 0 Å². The molecule has 1 aliphatic heterocycles. The average Bonchev–Trinajstić information content (AvgIpc) is 2.71. The van der Waals surface area contributed by atoms with E-state index >= 15 is 0 Å². The molecule has 4 heteroatoms. The molecule has 2 nitrogen and oxygen atoms in total. The van der Waals surface area contributed by atoms with Crippen LogP contribution in [0.15, 0.2) is 24.3 Å². The van der Waals surface area contributed by atoms with Crippen LogP contribution in [0.4, 0.5) is 8.78 Å². The van der Waals surface area contributed by atoms with Gasteiger partial charge in [-0.15, -0.1) is 0 Å². The second kappa shape index (κ2) is 4.57. The fraction of sp³-hybridized carbons (Fsp3) is 0.455. The summed E-state index contributed by atoms with van der Waals surface area (Å²) >= 11 is 0. The molecule has 0 saturated carbocycles. The lowest BCUT2D eigenvalue weighted by molar-refractivity contribution is 0.151. The van der Waals surface area contributed by atoms with E-state index in [9.17, 15) is 8.78 Å². The predicted molar refractivity (Wildman–Crippen MR) is 53.3 cm³/mol. The maximum absolute atomic E-state index is 12.3. The highest BCUT2D eigenvalue weighted by Gasteiger charge is 2.16. The minimum absolute atomic E-state index is 0.0342. The first-order chi connectivity index (χ1) is 7.25. The molecule has 82 valence electrons. The van der Waals surface area contributed by atoms with E-state index in [1.807, 2.05) is 0 Å². The molecule has 15 heavy (non-hydrogen) atoms. The summed E-state index contributed by atoms with van der Waals surface area (Å²) in [7, 11) is 0. The van der Waals surface area contributed by atoms with E-state index in [1.54, 1.807) is 12.1 Å². The van der Waals surface area contributed by atoms with Crippen LogP contribution in [0.25, 0.3) is 0 Å². The predicted octanol–water partition coefficient (Wildman–Crippen LogP) is 2.36. The summed E-state index contributed by atoms with van der Waals surface area (Å²) in [6, 6.07) is 6.00. The number of nitrogens with one attached hydrogen (secondary N) is 1. The van der Waals surface area contributed by atoms with Gasteiger partial charge in [-0.1, -0.05) is 0 Å². The summed E-state index contributed by atoms with van der Waals surface area (Å²) in [6.45, 7) is 1.79. The van der Waals surface area contributed by atoms with Crippen LogP contribution < -0.4 is 10.1 Å². The second-order valence-electron chi connectivity index (χ2n) is 3.60. The fourth-order valence-corrected chi connectivity index (χ4v) is 1.61. The van der Waals surface area contributed by atoms with E-state index in [0.29, 0.717) is 5.75 Å². The van der Waals surface area contributed by atoms with Crippen LogP contribution in [0.5, 0.6) is 5.75 Å². The van der Waals surface area contributed by atoms with Crippen LogP contribution in [0.1, 0.15) is 18.4 Å². The Morgan fingerprint density at radius 2 is 2.00 bits per heavy atom. The van der Waals surface area contributed by atoms with E-state index in [4.69, 9.17) is 4.74 Å². The Bertz CT molecular complexity index is 307. The molecule has 1 aromatic carbocycles. The van der Waals surface area contributed by atoms with Crippen molar-refractivity contribution >= 4 is 0 Å². The number of rotatable bonds is 3. The van der Waals surface area contributed by atoms with Crippen LogP contribution in [0.2, 0.25) is 0 Å². The number of alkyl halides is 2. The minimum Gasteiger partial charge on any atom is -0.489 e. The molecule has 1 fully saturated rings. The summed E-state index contributed by atoms with van der Waals surface area (Å²) in [5.74, 6) is 0.660. The first-order valence-electron chi connectivity index (χ1n) is 5.01. The molecule has 1 N–H and O–H groups in total. The van der Waals surface area contributed by atoms with Gasteiger partial charge in [-0.3, -0.25) is 0 Å². The third-order valence-corrected chi connectivity index (χ3v) is 2.45. The van der Waals surface area contributed by atoms with Crippen molar-refractivity contribution in [2.24, 2.45) is 0 Å². The van der Waals surface area contributed by atoms with E-state index in [2.05, 4.69) is 5.32 Å². The highest BCUT2D eigenvalue weighted by molar-refractivity contribution is 5.28. The maximum Gasteiger partial charge on any atom is 0.263 e. The van der Waals surface area contributed by atoms with Gasteiger partial charge in [0.1, 0.15) is 11.9 Å². The molecule has 0 amide bonds. The van der Waals surface area contributed by atoms with Crippen molar-refractivity contribution in [2.75, 3.05) is 13.1 Å². The summed E-state index contributed by atoms with van der Waals surface area (Å²) in [5.41, 5.74) is 0.0342. The van der Waals surface area contributed by atoms with Crippen LogP contribution >= 0.6 is 0 Å². The molecular weight excluding hydrogens is 200 g/mol. The third-order valence-electron chi connectivity index (χ3n) is 2.45. The lowest BCUT2D eigenvalue weighted by Crippen LogP contribution is -2.19.